The first-order valence-electron chi connectivity index (χ1n) is 7.01. The molecule has 0 unspecified atom stereocenters. The van der Waals surface area contributed by atoms with E-state index in [9.17, 15) is 4.79 Å². The Bertz CT molecular complexity index is 457. The molecule has 19 heavy (non-hydrogen) atoms. The van der Waals surface area contributed by atoms with Crippen molar-refractivity contribution in [1.82, 2.24) is 5.32 Å². The SMILES string of the molecule is CC(C)NC(=O)N1CCCc2cc(CCN)ccc21. The van der Waals surface area contributed by atoms with Crippen LogP contribution in [0.15, 0.2) is 18.2 Å². The van der Waals surface area contributed by atoms with Crippen LogP contribution >= 0.6 is 0 Å². The Morgan fingerprint density at radius 2 is 2.26 bits per heavy atom. The number of amides is 2. The number of nitrogens with two attached hydrogens (primary N) is 1. The third-order valence-corrected chi connectivity index (χ3v) is 3.35. The Hall–Kier alpha value is -1.55. The number of rotatable bonds is 3. The summed E-state index contributed by atoms with van der Waals surface area (Å²) >= 11 is 0. The Morgan fingerprint density at radius 1 is 1.47 bits per heavy atom. The first-order chi connectivity index (χ1) is 9.11. The molecule has 1 aliphatic heterocycles. The number of nitrogens with one attached hydrogen (secondary N) is 1. The van der Waals surface area contributed by atoms with Gasteiger partial charge >= 0.3 is 6.03 Å². The third-order valence-electron chi connectivity index (χ3n) is 3.35. The van der Waals surface area contributed by atoms with Crippen LogP contribution in [0, 0.1) is 0 Å². The summed E-state index contributed by atoms with van der Waals surface area (Å²) in [6, 6.07) is 6.49. The van der Waals surface area contributed by atoms with E-state index < -0.39 is 0 Å². The molecule has 0 spiro atoms. The van der Waals surface area contributed by atoms with Gasteiger partial charge in [0.15, 0.2) is 0 Å². The second-order valence-corrected chi connectivity index (χ2v) is 5.36. The highest BCUT2D eigenvalue weighted by Gasteiger charge is 2.22. The summed E-state index contributed by atoms with van der Waals surface area (Å²) in [6.07, 6.45) is 2.95. The second-order valence-electron chi connectivity index (χ2n) is 5.36. The number of benzene rings is 1. The molecule has 0 saturated carbocycles. The molecule has 0 aliphatic carbocycles. The lowest BCUT2D eigenvalue weighted by Gasteiger charge is -2.30. The first-order valence-corrected chi connectivity index (χ1v) is 7.01. The number of carbonyl (C=O) groups excluding carboxylic acids is 1. The highest BCUT2D eigenvalue weighted by atomic mass is 16.2. The first kappa shape index (κ1) is 13.9. The van der Waals surface area contributed by atoms with Crippen molar-refractivity contribution < 1.29 is 4.79 Å². The predicted octanol–water partition coefficient (Wildman–Crippen LogP) is 2.06. The Kier molecular flexibility index (Phi) is 4.43. The number of urea groups is 1. The van der Waals surface area contributed by atoms with Gasteiger partial charge in [-0.25, -0.2) is 4.79 Å². The molecule has 2 amide bonds. The van der Waals surface area contributed by atoms with Gasteiger partial charge in [0.05, 0.1) is 0 Å². The van der Waals surface area contributed by atoms with Gasteiger partial charge < -0.3 is 11.1 Å². The van der Waals surface area contributed by atoms with E-state index in [1.807, 2.05) is 18.7 Å². The van der Waals surface area contributed by atoms with Crippen LogP contribution in [0.2, 0.25) is 0 Å². The number of carbonyl (C=O) groups is 1. The zero-order valence-electron chi connectivity index (χ0n) is 11.8. The molecule has 104 valence electrons. The lowest BCUT2D eigenvalue weighted by atomic mass is 9.98. The number of aryl methyl sites for hydroxylation is 1. The minimum Gasteiger partial charge on any atom is -0.336 e. The molecule has 1 aliphatic rings. The minimum absolute atomic E-state index is 0.00234. The molecule has 0 saturated heterocycles. The number of hydrogen-bond donors (Lipinski definition) is 2. The van der Waals surface area contributed by atoms with E-state index in [2.05, 4.69) is 23.5 Å². The van der Waals surface area contributed by atoms with E-state index in [0.717, 1.165) is 31.5 Å². The fraction of sp³-hybridized carbons (Fsp3) is 0.533. The van der Waals surface area contributed by atoms with Crippen LogP contribution < -0.4 is 16.0 Å². The highest BCUT2D eigenvalue weighted by Crippen LogP contribution is 2.28. The van der Waals surface area contributed by atoms with E-state index in [1.165, 1.54) is 11.1 Å². The summed E-state index contributed by atoms with van der Waals surface area (Å²) in [7, 11) is 0. The number of hydrogen-bond acceptors (Lipinski definition) is 2. The van der Waals surface area contributed by atoms with Gasteiger partial charge in [0.2, 0.25) is 0 Å². The molecule has 0 aromatic heterocycles. The van der Waals surface area contributed by atoms with Crippen molar-refractivity contribution in [2.24, 2.45) is 5.73 Å². The quantitative estimate of drug-likeness (QED) is 0.875. The fourth-order valence-corrected chi connectivity index (χ4v) is 2.51. The number of fused-ring (bicyclic) bond motifs is 1. The minimum atomic E-state index is 0.00234. The molecule has 0 fully saturated rings. The van der Waals surface area contributed by atoms with Crippen molar-refractivity contribution in [3.63, 3.8) is 0 Å². The molecule has 0 atom stereocenters. The highest BCUT2D eigenvalue weighted by molar-refractivity contribution is 5.93. The second kappa shape index (κ2) is 6.06. The lowest BCUT2D eigenvalue weighted by Crippen LogP contribution is -2.45. The van der Waals surface area contributed by atoms with Crippen LogP contribution in [0.5, 0.6) is 0 Å². The molecule has 4 nitrogen and oxygen atoms in total. The standard InChI is InChI=1S/C15H23N3O/c1-11(2)17-15(19)18-9-3-4-13-10-12(7-8-16)5-6-14(13)18/h5-6,10-11H,3-4,7-9,16H2,1-2H3,(H,17,19). The van der Waals surface area contributed by atoms with Gasteiger partial charge in [-0.3, -0.25) is 4.90 Å². The van der Waals surface area contributed by atoms with Crippen LogP contribution in [0.4, 0.5) is 10.5 Å². The lowest BCUT2D eigenvalue weighted by molar-refractivity contribution is 0.243. The van der Waals surface area contributed by atoms with E-state index >= 15 is 0 Å². The Labute approximate surface area is 115 Å². The topological polar surface area (TPSA) is 58.4 Å². The molecule has 1 aromatic rings. The smallest absolute Gasteiger partial charge is 0.322 e. The van der Waals surface area contributed by atoms with Crippen molar-refractivity contribution in [3.05, 3.63) is 29.3 Å². The summed E-state index contributed by atoms with van der Waals surface area (Å²) in [5, 5.41) is 2.96. The van der Waals surface area contributed by atoms with Crippen molar-refractivity contribution in [2.75, 3.05) is 18.0 Å². The summed E-state index contributed by atoms with van der Waals surface area (Å²) < 4.78 is 0. The maximum absolute atomic E-state index is 12.2. The zero-order valence-corrected chi connectivity index (χ0v) is 11.8. The average Bonchev–Trinajstić information content (AvgIpc) is 2.37. The van der Waals surface area contributed by atoms with Gasteiger partial charge in [-0.05, 0) is 56.8 Å². The summed E-state index contributed by atoms with van der Waals surface area (Å²) in [5.74, 6) is 0. The van der Waals surface area contributed by atoms with Crippen molar-refractivity contribution in [2.45, 2.75) is 39.2 Å². The average molecular weight is 261 g/mol. The molecule has 0 radical (unpaired) electrons. The summed E-state index contributed by atoms with van der Waals surface area (Å²) in [6.45, 7) is 5.42. The van der Waals surface area contributed by atoms with Crippen molar-refractivity contribution in [3.8, 4) is 0 Å². The predicted molar refractivity (Wildman–Crippen MR) is 78.5 cm³/mol. The molecule has 1 heterocycles. The normalized spacial score (nSPS) is 14.4. The van der Waals surface area contributed by atoms with Crippen LogP contribution in [0.1, 0.15) is 31.4 Å². The van der Waals surface area contributed by atoms with E-state index in [1.54, 1.807) is 0 Å². The van der Waals surface area contributed by atoms with Crippen molar-refractivity contribution >= 4 is 11.7 Å². The van der Waals surface area contributed by atoms with Crippen LogP contribution in [0.3, 0.4) is 0 Å². The largest absolute Gasteiger partial charge is 0.336 e. The van der Waals surface area contributed by atoms with Gasteiger partial charge in [-0.1, -0.05) is 12.1 Å². The molecule has 0 bridgehead atoms. The number of nitrogens with zero attached hydrogens (tertiary/aromatic N) is 1. The van der Waals surface area contributed by atoms with Crippen molar-refractivity contribution in [1.29, 1.82) is 0 Å². The van der Waals surface area contributed by atoms with Gasteiger partial charge in [0.25, 0.3) is 0 Å². The van der Waals surface area contributed by atoms with Crippen LogP contribution in [-0.4, -0.2) is 25.2 Å². The molecular formula is C15H23N3O. The third kappa shape index (κ3) is 3.26. The number of anilines is 1. The summed E-state index contributed by atoms with van der Waals surface area (Å²) in [5.41, 5.74) is 9.16. The molecule has 3 N–H and O–H groups in total. The monoisotopic (exact) mass is 261 g/mol. The van der Waals surface area contributed by atoms with Crippen LogP contribution in [0.25, 0.3) is 0 Å². The summed E-state index contributed by atoms with van der Waals surface area (Å²) in [4.78, 5) is 14.0. The molecule has 4 heteroatoms. The van der Waals surface area contributed by atoms with Crippen LogP contribution in [-0.2, 0) is 12.8 Å². The molecule has 2 rings (SSSR count). The van der Waals surface area contributed by atoms with Gasteiger partial charge in [0, 0.05) is 18.3 Å². The fourth-order valence-electron chi connectivity index (χ4n) is 2.51. The van der Waals surface area contributed by atoms with E-state index in [4.69, 9.17) is 5.73 Å². The maximum Gasteiger partial charge on any atom is 0.322 e. The maximum atomic E-state index is 12.2. The van der Waals surface area contributed by atoms with E-state index in [-0.39, 0.29) is 12.1 Å². The molecule has 1 aromatic carbocycles. The zero-order chi connectivity index (χ0) is 13.8. The Balaban J connectivity index is 2.22. The van der Waals surface area contributed by atoms with E-state index in [0.29, 0.717) is 6.54 Å². The Morgan fingerprint density at radius 3 is 2.95 bits per heavy atom. The van der Waals surface area contributed by atoms with Gasteiger partial charge in [0.1, 0.15) is 0 Å². The van der Waals surface area contributed by atoms with Gasteiger partial charge in [-0.2, -0.15) is 0 Å². The van der Waals surface area contributed by atoms with Gasteiger partial charge in [-0.15, -0.1) is 0 Å². The molecular weight excluding hydrogens is 238 g/mol.